The summed E-state index contributed by atoms with van der Waals surface area (Å²) in [6.07, 6.45) is 25.4. The van der Waals surface area contributed by atoms with Crippen molar-refractivity contribution in [3.63, 3.8) is 0 Å². The Morgan fingerprint density at radius 1 is 0.333 bits per heavy atom. The van der Waals surface area contributed by atoms with Crippen LogP contribution in [0.5, 0.6) is 0 Å². The molecule has 0 atom stereocenters. The van der Waals surface area contributed by atoms with Crippen molar-refractivity contribution < 1.29 is 0 Å². The number of hydrogen-bond acceptors (Lipinski definition) is 3. The summed E-state index contributed by atoms with van der Waals surface area (Å²) in [5.74, 6) is 0. The summed E-state index contributed by atoms with van der Waals surface area (Å²) in [6, 6.07) is 0. The first-order valence-electron chi connectivity index (χ1n) is 15.2. The third-order valence-corrected chi connectivity index (χ3v) is 7.26. The maximum atomic E-state index is 2.66. The molecular weight excluding hydrogens is 402 g/mol. The fourth-order valence-corrected chi connectivity index (χ4v) is 4.81. The van der Waals surface area contributed by atoms with Gasteiger partial charge in [-0.3, -0.25) is 0 Å². The molecule has 0 aromatic rings. The molecule has 0 radical (unpaired) electrons. The summed E-state index contributed by atoms with van der Waals surface area (Å²) in [6.45, 7) is 15.7. The van der Waals surface area contributed by atoms with Gasteiger partial charge in [0, 0.05) is 0 Å². The third kappa shape index (κ3) is 24.8. The Bertz CT molecular complexity index is 328. The molecule has 33 heavy (non-hydrogen) atoms. The van der Waals surface area contributed by atoms with Crippen molar-refractivity contribution in [1.82, 2.24) is 14.7 Å². The maximum Gasteiger partial charge on any atom is -0.000666 e. The Kier molecular flexibility index (Phi) is 26.4. The van der Waals surface area contributed by atoms with Crippen LogP contribution in [0.25, 0.3) is 0 Å². The molecule has 0 saturated carbocycles. The molecule has 0 fully saturated rings. The zero-order valence-electron chi connectivity index (χ0n) is 24.0. The average Bonchev–Trinajstić information content (AvgIpc) is 2.81. The van der Waals surface area contributed by atoms with Gasteiger partial charge in [-0.25, -0.2) is 0 Å². The van der Waals surface area contributed by atoms with E-state index in [1.165, 1.54) is 161 Å². The predicted molar refractivity (Wildman–Crippen MR) is 152 cm³/mol. The quantitative estimate of drug-likeness (QED) is 0.113. The van der Waals surface area contributed by atoms with Gasteiger partial charge in [0.25, 0.3) is 0 Å². The molecule has 0 aliphatic rings. The molecule has 3 heteroatoms. The van der Waals surface area contributed by atoms with Crippen molar-refractivity contribution in [2.45, 2.75) is 136 Å². The molecule has 0 bridgehead atoms. The second kappa shape index (κ2) is 26.5. The summed E-state index contributed by atoms with van der Waals surface area (Å²) >= 11 is 0. The van der Waals surface area contributed by atoms with Crippen LogP contribution in [0.15, 0.2) is 0 Å². The smallest absolute Gasteiger partial charge is 0.000666 e. The summed E-state index contributed by atoms with van der Waals surface area (Å²) in [7, 11) is 4.63. The normalized spacial score (nSPS) is 12.0. The van der Waals surface area contributed by atoms with E-state index in [0.29, 0.717) is 0 Å². The number of nitrogens with zero attached hydrogens (tertiary/aromatic N) is 3. The fraction of sp³-hybridized carbons (Fsp3) is 1.00. The van der Waals surface area contributed by atoms with Gasteiger partial charge in [-0.15, -0.1) is 0 Å². The lowest BCUT2D eigenvalue weighted by Gasteiger charge is -2.24. The maximum absolute atomic E-state index is 2.66. The molecule has 0 rings (SSSR count). The highest BCUT2D eigenvalue weighted by Crippen LogP contribution is 2.10. The lowest BCUT2D eigenvalue weighted by Crippen LogP contribution is -2.31. The van der Waals surface area contributed by atoms with Crippen LogP contribution >= 0.6 is 0 Å². The van der Waals surface area contributed by atoms with E-state index in [2.05, 4.69) is 49.6 Å². The minimum atomic E-state index is 1.20. The van der Waals surface area contributed by atoms with Crippen molar-refractivity contribution in [2.24, 2.45) is 0 Å². The van der Waals surface area contributed by atoms with Gasteiger partial charge in [-0.05, 0) is 85.6 Å². The van der Waals surface area contributed by atoms with E-state index < -0.39 is 0 Å². The second-order valence-corrected chi connectivity index (χ2v) is 10.7. The molecule has 200 valence electrons. The Morgan fingerprint density at radius 3 is 0.970 bits per heavy atom. The summed E-state index contributed by atoms with van der Waals surface area (Å²) in [5, 5.41) is 0. The second-order valence-electron chi connectivity index (χ2n) is 10.7. The lowest BCUT2D eigenvalue weighted by atomic mass is 10.1. The SMILES string of the molecule is CCCCCCCCCCN(C)CCCN(CC)CCCN(C)CCCCCCCCCC. The van der Waals surface area contributed by atoms with Crippen LogP contribution in [0, 0.1) is 0 Å². The topological polar surface area (TPSA) is 9.72 Å². The summed E-state index contributed by atoms with van der Waals surface area (Å²) in [4.78, 5) is 7.78. The first-order chi connectivity index (χ1) is 16.1. The van der Waals surface area contributed by atoms with Crippen LogP contribution in [-0.2, 0) is 0 Å². The van der Waals surface area contributed by atoms with Gasteiger partial charge in [-0.1, -0.05) is 111 Å². The van der Waals surface area contributed by atoms with Crippen LogP contribution < -0.4 is 0 Å². The van der Waals surface area contributed by atoms with Crippen LogP contribution in [0.2, 0.25) is 0 Å². The first-order valence-corrected chi connectivity index (χ1v) is 15.2. The third-order valence-electron chi connectivity index (χ3n) is 7.26. The highest BCUT2D eigenvalue weighted by atomic mass is 15.1. The van der Waals surface area contributed by atoms with E-state index in [1.807, 2.05) is 0 Å². The van der Waals surface area contributed by atoms with Crippen LogP contribution in [0.1, 0.15) is 136 Å². The average molecular weight is 468 g/mol. The van der Waals surface area contributed by atoms with Gasteiger partial charge in [0.2, 0.25) is 0 Å². The number of unbranched alkanes of at least 4 members (excludes halogenated alkanes) is 14. The van der Waals surface area contributed by atoms with Crippen LogP contribution in [0.4, 0.5) is 0 Å². The molecule has 0 aromatic carbocycles. The Balaban J connectivity index is 3.55. The van der Waals surface area contributed by atoms with E-state index >= 15 is 0 Å². The molecule has 0 aromatic heterocycles. The predicted octanol–water partition coefficient (Wildman–Crippen LogP) is 8.23. The minimum absolute atomic E-state index is 1.20. The molecule has 3 nitrogen and oxygen atoms in total. The molecular formula is C30H65N3. The highest BCUT2D eigenvalue weighted by Gasteiger charge is 2.05. The van der Waals surface area contributed by atoms with Crippen molar-refractivity contribution in [1.29, 1.82) is 0 Å². The van der Waals surface area contributed by atoms with Gasteiger partial charge in [0.1, 0.15) is 0 Å². The molecule has 0 aliphatic heterocycles. The summed E-state index contributed by atoms with van der Waals surface area (Å²) in [5.41, 5.74) is 0. The highest BCUT2D eigenvalue weighted by molar-refractivity contribution is 4.61. The number of rotatable bonds is 27. The van der Waals surface area contributed by atoms with Gasteiger partial charge < -0.3 is 14.7 Å². The molecule has 0 spiro atoms. The lowest BCUT2D eigenvalue weighted by molar-refractivity contribution is 0.233. The van der Waals surface area contributed by atoms with Crippen molar-refractivity contribution in [3.05, 3.63) is 0 Å². The molecule has 0 unspecified atom stereocenters. The molecule has 0 amide bonds. The van der Waals surface area contributed by atoms with E-state index in [-0.39, 0.29) is 0 Å². The molecule has 0 heterocycles. The van der Waals surface area contributed by atoms with E-state index in [1.54, 1.807) is 0 Å². The Labute approximate surface area is 211 Å². The standard InChI is InChI=1S/C30H65N3/c1-6-9-11-13-15-17-19-21-25-31(4)27-23-29-33(8-3)30-24-28-32(5)26-22-20-18-16-14-12-10-7-2/h6-30H2,1-5H3. The van der Waals surface area contributed by atoms with Crippen molar-refractivity contribution >= 4 is 0 Å². The monoisotopic (exact) mass is 468 g/mol. The zero-order chi connectivity index (χ0) is 24.4. The van der Waals surface area contributed by atoms with E-state index in [4.69, 9.17) is 0 Å². The molecule has 0 aliphatic carbocycles. The zero-order valence-corrected chi connectivity index (χ0v) is 24.0. The summed E-state index contributed by atoms with van der Waals surface area (Å²) < 4.78 is 0. The van der Waals surface area contributed by atoms with Gasteiger partial charge in [0.05, 0.1) is 0 Å². The van der Waals surface area contributed by atoms with Crippen LogP contribution in [0.3, 0.4) is 0 Å². The first kappa shape index (κ1) is 32.9. The van der Waals surface area contributed by atoms with E-state index in [0.717, 1.165) is 0 Å². The van der Waals surface area contributed by atoms with Gasteiger partial charge in [0.15, 0.2) is 0 Å². The fourth-order valence-electron chi connectivity index (χ4n) is 4.81. The minimum Gasteiger partial charge on any atom is -0.306 e. The van der Waals surface area contributed by atoms with Crippen LogP contribution in [-0.4, -0.2) is 74.6 Å². The largest absolute Gasteiger partial charge is 0.306 e. The van der Waals surface area contributed by atoms with Crippen molar-refractivity contribution in [2.75, 3.05) is 59.9 Å². The van der Waals surface area contributed by atoms with Crippen molar-refractivity contribution in [3.8, 4) is 0 Å². The molecule has 0 saturated heterocycles. The van der Waals surface area contributed by atoms with Gasteiger partial charge in [-0.2, -0.15) is 0 Å². The molecule has 0 N–H and O–H groups in total. The van der Waals surface area contributed by atoms with Gasteiger partial charge >= 0.3 is 0 Å². The Hall–Kier alpha value is -0.120. The van der Waals surface area contributed by atoms with E-state index in [9.17, 15) is 0 Å². The number of hydrogen-bond donors (Lipinski definition) is 0. The Morgan fingerprint density at radius 2 is 0.636 bits per heavy atom.